The number of carbonyl (C=O) groups excluding carboxylic acids is 1. The smallest absolute Gasteiger partial charge is 0.241 e. The molecule has 2 rings (SSSR count). The SMILES string of the molecule is CC(C)[C@H](N)C(=O)Nc1cccc(CN2CCN(C)CC2)c1. The summed E-state index contributed by atoms with van der Waals surface area (Å²) in [4.78, 5) is 16.8. The van der Waals surface area contributed by atoms with Crippen LogP contribution in [0.4, 0.5) is 5.69 Å². The normalized spacial score (nSPS) is 18.4. The van der Waals surface area contributed by atoms with Crippen LogP contribution in [0.3, 0.4) is 0 Å². The number of nitrogens with two attached hydrogens (primary N) is 1. The van der Waals surface area contributed by atoms with Gasteiger partial charge in [0.2, 0.25) is 5.91 Å². The fourth-order valence-electron chi connectivity index (χ4n) is 2.54. The van der Waals surface area contributed by atoms with Gasteiger partial charge in [-0.05, 0) is 30.7 Å². The molecule has 122 valence electrons. The molecule has 1 aliphatic rings. The molecule has 0 aromatic heterocycles. The Morgan fingerprint density at radius 1 is 1.27 bits per heavy atom. The average Bonchev–Trinajstić information content (AvgIpc) is 2.49. The molecule has 22 heavy (non-hydrogen) atoms. The predicted octanol–water partition coefficient (Wildman–Crippen LogP) is 1.36. The maximum absolute atomic E-state index is 12.0. The zero-order chi connectivity index (χ0) is 16.1. The maximum atomic E-state index is 12.0. The van der Waals surface area contributed by atoms with Crippen LogP contribution in [0.1, 0.15) is 19.4 Å². The van der Waals surface area contributed by atoms with Gasteiger partial charge in [-0.2, -0.15) is 0 Å². The van der Waals surface area contributed by atoms with E-state index in [0.717, 1.165) is 38.4 Å². The Morgan fingerprint density at radius 2 is 1.95 bits per heavy atom. The highest BCUT2D eigenvalue weighted by atomic mass is 16.2. The molecule has 0 aliphatic carbocycles. The second-order valence-corrected chi connectivity index (χ2v) is 6.54. The number of rotatable bonds is 5. The van der Waals surface area contributed by atoms with Gasteiger partial charge in [0.05, 0.1) is 6.04 Å². The molecular formula is C17H28N4O. The third-order valence-corrected chi connectivity index (χ3v) is 4.22. The number of anilines is 1. The largest absolute Gasteiger partial charge is 0.325 e. The van der Waals surface area contributed by atoms with Crippen molar-refractivity contribution in [1.82, 2.24) is 9.80 Å². The molecular weight excluding hydrogens is 276 g/mol. The molecule has 0 spiro atoms. The van der Waals surface area contributed by atoms with E-state index in [1.54, 1.807) is 0 Å². The van der Waals surface area contributed by atoms with Crippen molar-refractivity contribution < 1.29 is 4.79 Å². The van der Waals surface area contributed by atoms with Crippen LogP contribution >= 0.6 is 0 Å². The number of hydrogen-bond donors (Lipinski definition) is 2. The molecule has 1 atom stereocenters. The summed E-state index contributed by atoms with van der Waals surface area (Å²) in [6, 6.07) is 7.58. The van der Waals surface area contributed by atoms with Gasteiger partial charge < -0.3 is 16.0 Å². The van der Waals surface area contributed by atoms with Crippen LogP contribution in [0.25, 0.3) is 0 Å². The molecule has 1 fully saturated rings. The molecule has 1 heterocycles. The van der Waals surface area contributed by atoms with Crippen LogP contribution in [0.5, 0.6) is 0 Å². The quantitative estimate of drug-likeness (QED) is 0.862. The first-order valence-corrected chi connectivity index (χ1v) is 8.02. The molecule has 5 nitrogen and oxygen atoms in total. The zero-order valence-electron chi connectivity index (χ0n) is 13.9. The van der Waals surface area contributed by atoms with Gasteiger partial charge in [-0.25, -0.2) is 0 Å². The van der Waals surface area contributed by atoms with Crippen LogP contribution in [0, 0.1) is 5.92 Å². The number of nitrogens with one attached hydrogen (secondary N) is 1. The third kappa shape index (κ3) is 4.80. The molecule has 1 aliphatic heterocycles. The van der Waals surface area contributed by atoms with Crippen molar-refractivity contribution in [2.45, 2.75) is 26.4 Å². The van der Waals surface area contributed by atoms with Crippen LogP contribution in [-0.2, 0) is 11.3 Å². The monoisotopic (exact) mass is 304 g/mol. The first kappa shape index (κ1) is 16.9. The summed E-state index contributed by atoms with van der Waals surface area (Å²) in [6.45, 7) is 9.23. The molecule has 1 aromatic carbocycles. The first-order valence-electron chi connectivity index (χ1n) is 8.02. The molecule has 3 N–H and O–H groups in total. The summed E-state index contributed by atoms with van der Waals surface area (Å²) < 4.78 is 0. The minimum atomic E-state index is -0.471. The van der Waals surface area contributed by atoms with E-state index in [-0.39, 0.29) is 11.8 Å². The van der Waals surface area contributed by atoms with E-state index in [1.165, 1.54) is 5.56 Å². The number of likely N-dealkylation sites (N-methyl/N-ethyl adjacent to an activating group) is 1. The predicted molar refractivity (Wildman–Crippen MR) is 90.7 cm³/mol. The van der Waals surface area contributed by atoms with Crippen molar-refractivity contribution in [2.75, 3.05) is 38.5 Å². The molecule has 0 bridgehead atoms. The first-order chi connectivity index (χ1) is 10.5. The van der Waals surface area contributed by atoms with Crippen LogP contribution < -0.4 is 11.1 Å². The zero-order valence-corrected chi connectivity index (χ0v) is 13.9. The van der Waals surface area contributed by atoms with Gasteiger partial charge in [-0.15, -0.1) is 0 Å². The standard InChI is InChI=1S/C17H28N4O/c1-13(2)16(18)17(22)19-15-6-4-5-14(11-15)12-21-9-7-20(3)8-10-21/h4-6,11,13,16H,7-10,12,18H2,1-3H3,(H,19,22)/t16-/m0/s1. The lowest BCUT2D eigenvalue weighted by atomic mass is 10.0. The van der Waals surface area contributed by atoms with E-state index < -0.39 is 6.04 Å². The Bertz CT molecular complexity index is 495. The van der Waals surface area contributed by atoms with Crippen LogP contribution in [0.15, 0.2) is 24.3 Å². The summed E-state index contributed by atoms with van der Waals surface area (Å²) in [6.07, 6.45) is 0. The number of carbonyl (C=O) groups is 1. The molecule has 1 aromatic rings. The van der Waals surface area contributed by atoms with Gasteiger partial charge in [-0.1, -0.05) is 26.0 Å². The summed E-state index contributed by atoms with van der Waals surface area (Å²) in [5.41, 5.74) is 7.93. The number of amides is 1. The van der Waals surface area contributed by atoms with Gasteiger partial charge >= 0.3 is 0 Å². The number of nitrogens with zero attached hydrogens (tertiary/aromatic N) is 2. The summed E-state index contributed by atoms with van der Waals surface area (Å²) in [5, 5.41) is 2.92. The lowest BCUT2D eigenvalue weighted by Crippen LogP contribution is -2.43. The van der Waals surface area contributed by atoms with Crippen molar-refractivity contribution in [2.24, 2.45) is 11.7 Å². The molecule has 1 amide bonds. The second-order valence-electron chi connectivity index (χ2n) is 6.54. The van der Waals surface area contributed by atoms with Gasteiger partial charge in [0.1, 0.15) is 0 Å². The minimum Gasteiger partial charge on any atom is -0.325 e. The van der Waals surface area contributed by atoms with Gasteiger partial charge in [0.15, 0.2) is 0 Å². The number of piperazine rings is 1. The fraction of sp³-hybridized carbons (Fsp3) is 0.588. The lowest BCUT2D eigenvalue weighted by molar-refractivity contribution is -0.118. The maximum Gasteiger partial charge on any atom is 0.241 e. The highest BCUT2D eigenvalue weighted by Gasteiger charge is 2.18. The topological polar surface area (TPSA) is 61.6 Å². The summed E-state index contributed by atoms with van der Waals surface area (Å²) in [7, 11) is 2.16. The van der Waals surface area contributed by atoms with Crippen molar-refractivity contribution in [1.29, 1.82) is 0 Å². The van der Waals surface area contributed by atoms with Gasteiger partial charge in [0, 0.05) is 38.4 Å². The van der Waals surface area contributed by atoms with Crippen molar-refractivity contribution in [3.63, 3.8) is 0 Å². The highest BCUT2D eigenvalue weighted by molar-refractivity contribution is 5.94. The Hall–Kier alpha value is -1.43. The van der Waals surface area contributed by atoms with Gasteiger partial charge in [0.25, 0.3) is 0 Å². The van der Waals surface area contributed by atoms with E-state index >= 15 is 0 Å². The Morgan fingerprint density at radius 3 is 2.59 bits per heavy atom. The van der Waals surface area contributed by atoms with Gasteiger partial charge in [-0.3, -0.25) is 9.69 Å². The Kier molecular flexibility index (Phi) is 5.94. The third-order valence-electron chi connectivity index (χ3n) is 4.22. The van der Waals surface area contributed by atoms with Crippen molar-refractivity contribution in [3.05, 3.63) is 29.8 Å². The van der Waals surface area contributed by atoms with Crippen LogP contribution in [0.2, 0.25) is 0 Å². The van der Waals surface area contributed by atoms with Crippen LogP contribution in [-0.4, -0.2) is 55.0 Å². The fourth-order valence-corrected chi connectivity index (χ4v) is 2.54. The second kappa shape index (κ2) is 7.72. The molecule has 0 radical (unpaired) electrons. The summed E-state index contributed by atoms with van der Waals surface area (Å²) >= 11 is 0. The van der Waals surface area contributed by atoms with Crippen molar-refractivity contribution >= 4 is 11.6 Å². The minimum absolute atomic E-state index is 0.119. The van der Waals surface area contributed by atoms with E-state index in [0.29, 0.717) is 0 Å². The lowest BCUT2D eigenvalue weighted by Gasteiger charge is -2.32. The highest BCUT2D eigenvalue weighted by Crippen LogP contribution is 2.14. The Balaban J connectivity index is 1.93. The average molecular weight is 304 g/mol. The molecule has 5 heteroatoms. The molecule has 0 unspecified atom stereocenters. The van der Waals surface area contributed by atoms with E-state index in [1.807, 2.05) is 32.0 Å². The molecule has 0 saturated carbocycles. The van der Waals surface area contributed by atoms with Crippen molar-refractivity contribution in [3.8, 4) is 0 Å². The summed E-state index contributed by atoms with van der Waals surface area (Å²) in [5.74, 6) is 0.0141. The molecule has 1 saturated heterocycles. The van der Waals surface area contributed by atoms with E-state index in [4.69, 9.17) is 5.73 Å². The van der Waals surface area contributed by atoms with E-state index in [9.17, 15) is 4.79 Å². The number of benzene rings is 1. The number of hydrogen-bond acceptors (Lipinski definition) is 4. The Labute approximate surface area is 133 Å². The van der Waals surface area contributed by atoms with E-state index in [2.05, 4.69) is 28.2 Å².